The van der Waals surface area contributed by atoms with E-state index in [2.05, 4.69) is 11.4 Å². The zero-order chi connectivity index (χ0) is 25.2. The number of esters is 1. The van der Waals surface area contributed by atoms with E-state index >= 15 is 0 Å². The Bertz CT molecular complexity index is 1380. The lowest BCUT2D eigenvalue weighted by Gasteiger charge is -2.19. The first-order valence-corrected chi connectivity index (χ1v) is 13.1. The van der Waals surface area contributed by atoms with Crippen molar-refractivity contribution in [3.63, 3.8) is 0 Å². The summed E-state index contributed by atoms with van der Waals surface area (Å²) in [5.41, 5.74) is 3.89. The Morgan fingerprint density at radius 1 is 1.19 bits per heavy atom. The summed E-state index contributed by atoms with van der Waals surface area (Å²) in [7, 11) is 1.31. The Hall–Kier alpha value is -3.17. The van der Waals surface area contributed by atoms with Crippen molar-refractivity contribution in [1.82, 2.24) is 9.55 Å². The molecule has 1 amide bonds. The van der Waals surface area contributed by atoms with Crippen molar-refractivity contribution in [2.75, 3.05) is 19.0 Å². The molecule has 2 heterocycles. The Balaban J connectivity index is 1.44. The van der Waals surface area contributed by atoms with Crippen LogP contribution in [0.5, 0.6) is 0 Å². The van der Waals surface area contributed by atoms with Crippen LogP contribution in [0.3, 0.4) is 0 Å². The van der Waals surface area contributed by atoms with Crippen molar-refractivity contribution in [3.8, 4) is 0 Å². The number of carbonyl (C=O) groups excluding carboxylic acids is 2. The van der Waals surface area contributed by atoms with Gasteiger partial charge >= 0.3 is 5.97 Å². The summed E-state index contributed by atoms with van der Waals surface area (Å²) in [6, 6.07) is 10.8. The Morgan fingerprint density at radius 2 is 2.03 bits per heavy atom. The predicted octanol–water partition coefficient (Wildman–Crippen LogP) is 3.97. The number of amides is 1. The van der Waals surface area contributed by atoms with Gasteiger partial charge in [-0.15, -0.1) is 0 Å². The fraction of sp³-hybridized carbons (Fsp3) is 0.407. The Morgan fingerprint density at radius 3 is 2.81 bits per heavy atom. The maximum Gasteiger partial charge on any atom is 0.337 e. The molecule has 188 valence electrons. The molecule has 2 atom stereocenters. The number of thioether (sulfide) groups is 1. The molecule has 1 fully saturated rings. The number of methoxy groups -OCH3 is 1. The molecule has 9 heteroatoms. The van der Waals surface area contributed by atoms with Gasteiger partial charge in [-0.25, -0.2) is 9.78 Å². The molecule has 1 aromatic heterocycles. The number of carbonyl (C=O) groups is 2. The highest BCUT2D eigenvalue weighted by Crippen LogP contribution is 2.28. The van der Waals surface area contributed by atoms with Gasteiger partial charge in [0.25, 0.3) is 5.56 Å². The number of hydrogen-bond donors (Lipinski definition) is 1. The van der Waals surface area contributed by atoms with Gasteiger partial charge in [-0.05, 0) is 80.5 Å². The third-order valence-electron chi connectivity index (χ3n) is 6.77. The number of aryl methyl sites for hydroxylation is 2. The fourth-order valence-corrected chi connectivity index (χ4v) is 5.71. The number of anilines is 1. The quantitative estimate of drug-likeness (QED) is 0.293. The zero-order valence-electron chi connectivity index (χ0n) is 20.4. The van der Waals surface area contributed by atoms with E-state index in [1.165, 1.54) is 30.0 Å². The zero-order valence-corrected chi connectivity index (χ0v) is 21.2. The minimum atomic E-state index is -0.512. The summed E-state index contributed by atoms with van der Waals surface area (Å²) in [6.45, 7) is 2.83. The molecule has 0 spiro atoms. The second kappa shape index (κ2) is 10.4. The number of nitrogens with zero attached hydrogens (tertiary/aromatic N) is 2. The first-order valence-electron chi connectivity index (χ1n) is 12.3. The third kappa shape index (κ3) is 5.03. The van der Waals surface area contributed by atoms with Gasteiger partial charge in [0.05, 0.1) is 41.5 Å². The number of rotatable bonds is 7. The van der Waals surface area contributed by atoms with Crippen LogP contribution in [0.25, 0.3) is 10.9 Å². The summed E-state index contributed by atoms with van der Waals surface area (Å²) >= 11 is 1.22. The Kier molecular flexibility index (Phi) is 7.11. The minimum absolute atomic E-state index is 0.0776. The van der Waals surface area contributed by atoms with Crippen LogP contribution in [0.2, 0.25) is 0 Å². The molecular formula is C27H29N3O5S. The van der Waals surface area contributed by atoms with Crippen LogP contribution in [0, 0.1) is 0 Å². The second-order valence-corrected chi connectivity index (χ2v) is 10.6. The van der Waals surface area contributed by atoms with Crippen LogP contribution in [-0.2, 0) is 33.7 Å². The highest BCUT2D eigenvalue weighted by molar-refractivity contribution is 8.00. The molecule has 2 aromatic carbocycles. The van der Waals surface area contributed by atoms with Crippen molar-refractivity contribution in [3.05, 3.63) is 63.4 Å². The average Bonchev–Trinajstić information content (AvgIpc) is 3.57. The summed E-state index contributed by atoms with van der Waals surface area (Å²) in [6.07, 6.45) is 5.00. The molecule has 1 N–H and O–H groups in total. The van der Waals surface area contributed by atoms with Crippen LogP contribution in [0.4, 0.5) is 5.69 Å². The van der Waals surface area contributed by atoms with Crippen LogP contribution in [0.1, 0.15) is 47.7 Å². The van der Waals surface area contributed by atoms with E-state index in [1.54, 1.807) is 29.7 Å². The highest BCUT2D eigenvalue weighted by atomic mass is 32.2. The van der Waals surface area contributed by atoms with Crippen LogP contribution in [-0.4, -0.2) is 46.5 Å². The molecule has 3 aromatic rings. The van der Waals surface area contributed by atoms with E-state index in [1.807, 2.05) is 12.1 Å². The van der Waals surface area contributed by atoms with E-state index in [-0.39, 0.29) is 17.6 Å². The fourth-order valence-electron chi connectivity index (χ4n) is 4.79. The maximum atomic E-state index is 13.5. The van der Waals surface area contributed by atoms with Crippen LogP contribution >= 0.6 is 11.8 Å². The number of aromatic nitrogens is 2. The van der Waals surface area contributed by atoms with Crippen molar-refractivity contribution in [2.45, 2.75) is 62.1 Å². The van der Waals surface area contributed by atoms with Gasteiger partial charge in [-0.1, -0.05) is 17.8 Å². The normalized spacial score (nSPS) is 17.7. The predicted molar refractivity (Wildman–Crippen MR) is 139 cm³/mol. The minimum Gasteiger partial charge on any atom is -0.465 e. The third-order valence-corrected chi connectivity index (χ3v) is 7.86. The molecule has 1 aliphatic heterocycles. The number of fused-ring (bicyclic) bond motifs is 2. The Labute approximate surface area is 213 Å². The molecule has 0 saturated carbocycles. The molecule has 8 nitrogen and oxygen atoms in total. The monoisotopic (exact) mass is 507 g/mol. The molecule has 36 heavy (non-hydrogen) atoms. The smallest absolute Gasteiger partial charge is 0.337 e. The second-order valence-electron chi connectivity index (χ2n) is 9.26. The first kappa shape index (κ1) is 24.5. The van der Waals surface area contributed by atoms with Crippen LogP contribution < -0.4 is 10.9 Å². The molecule has 0 radical (unpaired) electrons. The SMILES string of the molecule is COC(=O)c1ccc2c(=O)n(C[C@@H]3CCCO3)c(S[C@H](C)C(=O)Nc3ccc4c(c3)CCC4)nc2c1. The van der Waals surface area contributed by atoms with Gasteiger partial charge < -0.3 is 14.8 Å². The molecule has 2 aliphatic rings. The van der Waals surface area contributed by atoms with Gasteiger partial charge in [0.15, 0.2) is 5.16 Å². The lowest BCUT2D eigenvalue weighted by molar-refractivity contribution is -0.115. The summed E-state index contributed by atoms with van der Waals surface area (Å²) < 4.78 is 12.2. The molecule has 0 unspecified atom stereocenters. The molecule has 0 bridgehead atoms. The summed E-state index contributed by atoms with van der Waals surface area (Å²) in [5, 5.41) is 3.32. The molecule has 1 aliphatic carbocycles. The lowest BCUT2D eigenvalue weighted by Crippen LogP contribution is -2.30. The van der Waals surface area contributed by atoms with Crippen molar-refractivity contribution < 1.29 is 19.1 Å². The molecule has 1 saturated heterocycles. The van der Waals surface area contributed by atoms with Crippen molar-refractivity contribution >= 4 is 40.2 Å². The van der Waals surface area contributed by atoms with E-state index in [9.17, 15) is 14.4 Å². The highest BCUT2D eigenvalue weighted by Gasteiger charge is 2.24. The summed E-state index contributed by atoms with van der Waals surface area (Å²) in [4.78, 5) is 43.3. The van der Waals surface area contributed by atoms with Gasteiger partial charge in [-0.2, -0.15) is 0 Å². The van der Waals surface area contributed by atoms with E-state index in [0.29, 0.717) is 34.8 Å². The van der Waals surface area contributed by atoms with E-state index in [4.69, 9.17) is 14.5 Å². The van der Waals surface area contributed by atoms with E-state index < -0.39 is 11.2 Å². The topological polar surface area (TPSA) is 99.5 Å². The van der Waals surface area contributed by atoms with Crippen molar-refractivity contribution in [2.24, 2.45) is 0 Å². The lowest BCUT2D eigenvalue weighted by atomic mass is 10.1. The van der Waals surface area contributed by atoms with Gasteiger partial charge in [0, 0.05) is 12.3 Å². The van der Waals surface area contributed by atoms with E-state index in [0.717, 1.165) is 37.8 Å². The van der Waals surface area contributed by atoms with Gasteiger partial charge in [0.1, 0.15) is 0 Å². The van der Waals surface area contributed by atoms with Gasteiger partial charge in [-0.3, -0.25) is 14.2 Å². The average molecular weight is 508 g/mol. The van der Waals surface area contributed by atoms with Gasteiger partial charge in [0.2, 0.25) is 5.91 Å². The molecule has 5 rings (SSSR count). The van der Waals surface area contributed by atoms with Crippen LogP contribution in [0.15, 0.2) is 46.3 Å². The van der Waals surface area contributed by atoms with Crippen molar-refractivity contribution in [1.29, 1.82) is 0 Å². The number of ether oxygens (including phenoxy) is 2. The number of benzene rings is 2. The summed E-state index contributed by atoms with van der Waals surface area (Å²) in [5.74, 6) is -0.669. The number of nitrogens with one attached hydrogen (secondary N) is 1. The maximum absolute atomic E-state index is 13.5. The first-order chi connectivity index (χ1) is 17.4. The standard InChI is InChI=1S/C27H29N3O5S/c1-16(24(31)28-20-10-8-17-5-3-6-18(17)13-20)36-27-29-23-14-19(26(33)34-2)9-11-22(23)25(32)30(27)15-21-7-4-12-35-21/h8-11,13-14,16,21H,3-7,12,15H2,1-2H3,(H,28,31)/t16-,21+/m1/s1. The largest absolute Gasteiger partial charge is 0.465 e. The number of hydrogen-bond acceptors (Lipinski definition) is 7. The molecular weight excluding hydrogens is 478 g/mol.